The number of amides is 1. The van der Waals surface area contributed by atoms with E-state index in [1.807, 2.05) is 0 Å². The highest BCUT2D eigenvalue weighted by Crippen LogP contribution is 2.32. The Morgan fingerprint density at radius 2 is 1.97 bits per heavy atom. The lowest BCUT2D eigenvalue weighted by atomic mass is 9.88. The van der Waals surface area contributed by atoms with Crippen LogP contribution >= 0.6 is 11.3 Å². The van der Waals surface area contributed by atoms with Crippen molar-refractivity contribution in [2.45, 2.75) is 70.3 Å². The summed E-state index contributed by atoms with van der Waals surface area (Å²) in [6.07, 6.45) is 0.558. The van der Waals surface area contributed by atoms with Gasteiger partial charge in [-0.1, -0.05) is 24.3 Å². The molecule has 1 aliphatic carbocycles. The fourth-order valence-corrected chi connectivity index (χ4v) is 6.19. The summed E-state index contributed by atoms with van der Waals surface area (Å²) in [6.45, 7) is 3.23. The molecule has 0 bridgehead atoms. The molecule has 192 valence electrons. The maximum Gasteiger partial charge on any atom is 0.435 e. The molecule has 36 heavy (non-hydrogen) atoms. The lowest BCUT2D eigenvalue weighted by Crippen LogP contribution is -2.40. The minimum atomic E-state index is -4.51. The Bertz CT molecular complexity index is 1210. The summed E-state index contributed by atoms with van der Waals surface area (Å²) >= 11 is 1.67. The van der Waals surface area contributed by atoms with E-state index < -0.39 is 11.9 Å². The van der Waals surface area contributed by atoms with Gasteiger partial charge in [0.2, 0.25) is 5.91 Å². The molecule has 1 saturated heterocycles. The second-order valence-corrected chi connectivity index (χ2v) is 10.6. The first-order valence-electron chi connectivity index (χ1n) is 12.4. The molecule has 1 atom stereocenters. The highest BCUT2D eigenvalue weighted by molar-refractivity contribution is 7.09. The smallest absolute Gasteiger partial charge is 0.341 e. The number of nitrogens with one attached hydrogen (secondary N) is 1. The predicted molar refractivity (Wildman–Crippen MR) is 132 cm³/mol. The Labute approximate surface area is 212 Å². The normalized spacial score (nSPS) is 18.9. The summed E-state index contributed by atoms with van der Waals surface area (Å²) in [5, 5.41) is 10.5. The molecule has 5 rings (SSSR count). The molecule has 1 N–H and O–H groups in total. The number of likely N-dealkylation sites (tertiary alicyclic amines) is 1. The van der Waals surface area contributed by atoms with E-state index in [4.69, 9.17) is 4.98 Å². The quantitative estimate of drug-likeness (QED) is 0.486. The Balaban J connectivity index is 1.12. The van der Waals surface area contributed by atoms with Crippen molar-refractivity contribution in [1.29, 1.82) is 0 Å². The van der Waals surface area contributed by atoms with E-state index in [9.17, 15) is 18.0 Å². The largest absolute Gasteiger partial charge is 0.435 e. The number of alkyl halides is 3. The Hall–Kier alpha value is -2.72. The van der Waals surface area contributed by atoms with Crippen LogP contribution in [0, 0.1) is 6.92 Å². The van der Waals surface area contributed by atoms with Crippen LogP contribution in [0.3, 0.4) is 0 Å². The molecule has 1 aliphatic heterocycles. The first-order chi connectivity index (χ1) is 17.3. The molecule has 3 aromatic rings. The van der Waals surface area contributed by atoms with Crippen molar-refractivity contribution in [1.82, 2.24) is 25.0 Å². The Kier molecular flexibility index (Phi) is 7.16. The Morgan fingerprint density at radius 3 is 2.72 bits per heavy atom. The van der Waals surface area contributed by atoms with Crippen molar-refractivity contribution in [3.8, 4) is 0 Å². The molecule has 6 nitrogen and oxygen atoms in total. The summed E-state index contributed by atoms with van der Waals surface area (Å²) in [7, 11) is 0. The lowest BCUT2D eigenvalue weighted by Gasteiger charge is -2.31. The molecular weight excluding hydrogens is 487 g/mol. The van der Waals surface area contributed by atoms with Crippen molar-refractivity contribution >= 4 is 17.2 Å². The van der Waals surface area contributed by atoms with Gasteiger partial charge in [0, 0.05) is 42.7 Å². The number of hydrogen-bond donors (Lipinski definition) is 1. The van der Waals surface area contributed by atoms with Crippen LogP contribution in [0.2, 0.25) is 0 Å². The van der Waals surface area contributed by atoms with Gasteiger partial charge < -0.3 is 10.2 Å². The van der Waals surface area contributed by atoms with E-state index in [1.165, 1.54) is 24.5 Å². The highest BCUT2D eigenvalue weighted by Gasteiger charge is 2.35. The van der Waals surface area contributed by atoms with Gasteiger partial charge in [-0.05, 0) is 56.2 Å². The highest BCUT2D eigenvalue weighted by atomic mass is 32.1. The zero-order chi connectivity index (χ0) is 25.3. The van der Waals surface area contributed by atoms with Gasteiger partial charge in [-0.3, -0.25) is 9.48 Å². The minimum absolute atomic E-state index is 0.177. The zero-order valence-electron chi connectivity index (χ0n) is 20.2. The SMILES string of the molecule is Cc1cc(C(F)(F)F)nn1CC(=O)N1CCC(c2nc(CN[C@@H]3CCCc4ccccc43)cs2)CC1. The molecule has 2 aliphatic rings. The van der Waals surface area contributed by atoms with Crippen molar-refractivity contribution < 1.29 is 18.0 Å². The number of fused-ring (bicyclic) bond motifs is 1. The second kappa shape index (κ2) is 10.3. The fourth-order valence-electron chi connectivity index (χ4n) is 5.20. The number of benzene rings is 1. The minimum Gasteiger partial charge on any atom is -0.341 e. The number of piperidine rings is 1. The third-order valence-corrected chi connectivity index (χ3v) is 8.28. The monoisotopic (exact) mass is 517 g/mol. The van der Waals surface area contributed by atoms with Gasteiger partial charge in [0.15, 0.2) is 5.69 Å². The summed E-state index contributed by atoms with van der Waals surface area (Å²) < 4.78 is 39.8. The molecule has 0 radical (unpaired) electrons. The number of nitrogens with zero attached hydrogens (tertiary/aromatic N) is 4. The number of aromatic nitrogens is 3. The molecule has 2 aromatic heterocycles. The van der Waals surface area contributed by atoms with Gasteiger partial charge in [0.25, 0.3) is 0 Å². The van der Waals surface area contributed by atoms with E-state index in [2.05, 4.69) is 40.1 Å². The van der Waals surface area contributed by atoms with Gasteiger partial charge in [-0.25, -0.2) is 4.98 Å². The van der Waals surface area contributed by atoms with Crippen molar-refractivity contribution in [2.24, 2.45) is 0 Å². The van der Waals surface area contributed by atoms with Gasteiger partial charge in [-0.2, -0.15) is 18.3 Å². The average Bonchev–Trinajstić information content (AvgIpc) is 3.49. The van der Waals surface area contributed by atoms with Crippen molar-refractivity contribution in [3.63, 3.8) is 0 Å². The topological polar surface area (TPSA) is 63.1 Å². The number of carbonyl (C=O) groups excluding carboxylic acids is 1. The van der Waals surface area contributed by atoms with Crippen LogP contribution in [-0.4, -0.2) is 38.7 Å². The van der Waals surface area contributed by atoms with Crippen LogP contribution in [0.1, 0.15) is 70.9 Å². The van der Waals surface area contributed by atoms with Crippen molar-refractivity contribution in [3.05, 3.63) is 68.9 Å². The third kappa shape index (κ3) is 5.49. The van der Waals surface area contributed by atoms with Crippen LogP contribution in [-0.2, 0) is 30.5 Å². The molecule has 0 saturated carbocycles. The average molecular weight is 518 g/mol. The van der Waals surface area contributed by atoms with Gasteiger partial charge in [0.1, 0.15) is 6.54 Å². The van der Waals surface area contributed by atoms with Crippen LogP contribution in [0.25, 0.3) is 0 Å². The van der Waals surface area contributed by atoms with Crippen LogP contribution in [0.4, 0.5) is 13.2 Å². The van der Waals surface area contributed by atoms with E-state index in [0.717, 1.165) is 53.7 Å². The van der Waals surface area contributed by atoms with Crippen LogP contribution in [0.15, 0.2) is 35.7 Å². The first-order valence-corrected chi connectivity index (χ1v) is 13.3. The molecule has 3 heterocycles. The number of carbonyl (C=O) groups is 1. The molecule has 1 aromatic carbocycles. The number of rotatable bonds is 6. The molecule has 1 fully saturated rings. The maximum atomic E-state index is 12.9. The molecule has 10 heteroatoms. The number of halogens is 3. The van der Waals surface area contributed by atoms with E-state index in [1.54, 1.807) is 16.2 Å². The fraction of sp³-hybridized carbons (Fsp3) is 0.500. The summed E-state index contributed by atoms with van der Waals surface area (Å²) in [5.41, 5.74) is 3.24. The summed E-state index contributed by atoms with van der Waals surface area (Å²) in [6, 6.07) is 9.98. The zero-order valence-corrected chi connectivity index (χ0v) is 21.0. The number of hydrogen-bond acceptors (Lipinski definition) is 5. The molecule has 0 spiro atoms. The Morgan fingerprint density at radius 1 is 1.19 bits per heavy atom. The predicted octanol–water partition coefficient (Wildman–Crippen LogP) is 5.24. The lowest BCUT2D eigenvalue weighted by molar-refractivity contribution is -0.142. The maximum absolute atomic E-state index is 12.9. The van der Waals surface area contributed by atoms with Crippen LogP contribution in [0.5, 0.6) is 0 Å². The van der Waals surface area contributed by atoms with Crippen molar-refractivity contribution in [2.75, 3.05) is 13.1 Å². The summed E-state index contributed by atoms with van der Waals surface area (Å²) in [4.78, 5) is 19.3. The molecule has 1 amide bonds. The van der Waals surface area contributed by atoms with Crippen LogP contribution < -0.4 is 5.32 Å². The number of thiazole rings is 1. The van der Waals surface area contributed by atoms with E-state index in [0.29, 0.717) is 30.7 Å². The molecule has 0 unspecified atom stereocenters. The first kappa shape index (κ1) is 25.0. The van der Waals surface area contributed by atoms with Gasteiger partial charge in [0.05, 0.1) is 10.7 Å². The third-order valence-electron chi connectivity index (χ3n) is 7.22. The molecular formula is C26H30F3N5OS. The van der Waals surface area contributed by atoms with E-state index in [-0.39, 0.29) is 12.5 Å². The second-order valence-electron chi connectivity index (χ2n) is 9.68. The van der Waals surface area contributed by atoms with Gasteiger partial charge >= 0.3 is 6.18 Å². The van der Waals surface area contributed by atoms with E-state index >= 15 is 0 Å². The summed E-state index contributed by atoms with van der Waals surface area (Å²) in [5.74, 6) is 0.0941. The number of aryl methyl sites for hydroxylation is 2. The standard InChI is InChI=1S/C26H30F3N5OS/c1-17-13-23(26(27,28)29)32-34(17)15-24(35)33-11-9-19(10-12-33)25-31-20(16-36-25)14-30-22-8-4-6-18-5-2-3-7-21(18)22/h2-3,5,7,13,16,19,22,30H,4,6,8-12,14-15H2,1H3/t22-/m1/s1. The van der Waals surface area contributed by atoms with Gasteiger partial charge in [-0.15, -0.1) is 11.3 Å².